The molecule has 0 saturated carbocycles. The van der Waals surface area contributed by atoms with Crippen LogP contribution in [0.1, 0.15) is 0 Å². The molecule has 5 heteroatoms. The zero-order chi connectivity index (χ0) is 11.0. The Hall–Kier alpha value is -2.30. The number of oxazole rings is 1. The smallest absolute Gasteiger partial charge is 0.181 e. The standard InChI is InChI=1S/C11H10N4O/c1-12-7-2-3-9-8(4-7)11(15-14-9)10-5-13-6-16-10/h2-6,12H,1H3,(H,14,15). The zero-order valence-electron chi connectivity index (χ0n) is 8.69. The maximum absolute atomic E-state index is 5.25. The Labute approximate surface area is 91.5 Å². The van der Waals surface area contributed by atoms with Gasteiger partial charge in [-0.25, -0.2) is 4.98 Å². The van der Waals surface area contributed by atoms with Crippen molar-refractivity contribution in [3.63, 3.8) is 0 Å². The number of aromatic amines is 1. The zero-order valence-corrected chi connectivity index (χ0v) is 8.69. The van der Waals surface area contributed by atoms with Crippen LogP contribution in [0.2, 0.25) is 0 Å². The molecule has 0 amide bonds. The number of nitrogens with zero attached hydrogens (tertiary/aromatic N) is 2. The third-order valence-electron chi connectivity index (χ3n) is 2.52. The van der Waals surface area contributed by atoms with Crippen molar-refractivity contribution in [2.45, 2.75) is 0 Å². The number of anilines is 1. The van der Waals surface area contributed by atoms with Gasteiger partial charge in [0, 0.05) is 18.1 Å². The highest BCUT2D eigenvalue weighted by atomic mass is 16.3. The van der Waals surface area contributed by atoms with Crippen LogP contribution in [-0.2, 0) is 0 Å². The van der Waals surface area contributed by atoms with Gasteiger partial charge in [-0.2, -0.15) is 5.10 Å². The van der Waals surface area contributed by atoms with Crippen LogP contribution in [0.15, 0.2) is 35.2 Å². The molecule has 2 aromatic heterocycles. The molecule has 0 aliphatic carbocycles. The molecule has 0 aliphatic rings. The molecule has 0 spiro atoms. The lowest BCUT2D eigenvalue weighted by Gasteiger charge is -1.99. The van der Waals surface area contributed by atoms with Crippen molar-refractivity contribution < 1.29 is 4.42 Å². The van der Waals surface area contributed by atoms with Crippen molar-refractivity contribution in [1.82, 2.24) is 15.2 Å². The lowest BCUT2D eigenvalue weighted by atomic mass is 10.1. The lowest BCUT2D eigenvalue weighted by molar-refractivity contribution is 0.570. The molecule has 2 heterocycles. The fourth-order valence-corrected chi connectivity index (χ4v) is 1.69. The number of hydrogen-bond donors (Lipinski definition) is 2. The quantitative estimate of drug-likeness (QED) is 0.686. The molecule has 1 aromatic carbocycles. The van der Waals surface area contributed by atoms with Crippen LogP contribution >= 0.6 is 0 Å². The van der Waals surface area contributed by atoms with Gasteiger partial charge in [-0.05, 0) is 18.2 Å². The van der Waals surface area contributed by atoms with Crippen LogP contribution in [0.25, 0.3) is 22.4 Å². The van der Waals surface area contributed by atoms with Gasteiger partial charge in [0.15, 0.2) is 12.2 Å². The van der Waals surface area contributed by atoms with E-state index in [2.05, 4.69) is 20.5 Å². The van der Waals surface area contributed by atoms with Crippen LogP contribution in [-0.4, -0.2) is 22.2 Å². The van der Waals surface area contributed by atoms with E-state index < -0.39 is 0 Å². The molecular weight excluding hydrogens is 204 g/mol. The van der Waals surface area contributed by atoms with Gasteiger partial charge in [0.2, 0.25) is 0 Å². The molecule has 5 nitrogen and oxygen atoms in total. The van der Waals surface area contributed by atoms with Crippen LogP contribution in [0.4, 0.5) is 5.69 Å². The summed E-state index contributed by atoms with van der Waals surface area (Å²) in [5.41, 5.74) is 2.80. The van der Waals surface area contributed by atoms with Gasteiger partial charge in [-0.1, -0.05) is 0 Å². The highest BCUT2D eigenvalue weighted by molar-refractivity contribution is 5.93. The average Bonchev–Trinajstić information content (AvgIpc) is 2.96. The highest BCUT2D eigenvalue weighted by Crippen LogP contribution is 2.27. The summed E-state index contributed by atoms with van der Waals surface area (Å²) in [6, 6.07) is 6.00. The predicted molar refractivity (Wildman–Crippen MR) is 61.1 cm³/mol. The van der Waals surface area contributed by atoms with E-state index in [9.17, 15) is 0 Å². The van der Waals surface area contributed by atoms with Gasteiger partial charge < -0.3 is 9.73 Å². The van der Waals surface area contributed by atoms with Crippen molar-refractivity contribution in [3.8, 4) is 11.5 Å². The maximum Gasteiger partial charge on any atom is 0.181 e. The Morgan fingerprint density at radius 3 is 3.06 bits per heavy atom. The number of rotatable bonds is 2. The molecule has 0 saturated heterocycles. The van der Waals surface area contributed by atoms with E-state index in [4.69, 9.17) is 4.42 Å². The summed E-state index contributed by atoms with van der Waals surface area (Å²) >= 11 is 0. The second-order valence-electron chi connectivity index (χ2n) is 3.45. The van der Waals surface area contributed by atoms with Gasteiger partial charge in [-0.15, -0.1) is 0 Å². The topological polar surface area (TPSA) is 66.7 Å². The molecule has 0 aliphatic heterocycles. The number of fused-ring (bicyclic) bond motifs is 1. The Kier molecular flexibility index (Phi) is 1.89. The van der Waals surface area contributed by atoms with E-state index in [-0.39, 0.29) is 0 Å². The van der Waals surface area contributed by atoms with Crippen molar-refractivity contribution in [1.29, 1.82) is 0 Å². The second-order valence-corrected chi connectivity index (χ2v) is 3.45. The summed E-state index contributed by atoms with van der Waals surface area (Å²) in [5.74, 6) is 0.666. The summed E-state index contributed by atoms with van der Waals surface area (Å²) in [7, 11) is 1.88. The highest BCUT2D eigenvalue weighted by Gasteiger charge is 2.10. The molecule has 0 atom stereocenters. The largest absolute Gasteiger partial charge is 0.442 e. The van der Waals surface area contributed by atoms with Gasteiger partial charge in [0.1, 0.15) is 5.69 Å². The second kappa shape index (κ2) is 3.37. The number of H-pyrrole nitrogens is 1. The summed E-state index contributed by atoms with van der Waals surface area (Å²) in [6.07, 6.45) is 3.05. The molecule has 3 aromatic rings. The van der Waals surface area contributed by atoms with Crippen LogP contribution < -0.4 is 5.32 Å². The summed E-state index contributed by atoms with van der Waals surface area (Å²) in [4.78, 5) is 3.89. The normalized spacial score (nSPS) is 10.8. The van der Waals surface area contributed by atoms with Gasteiger partial charge in [0.05, 0.1) is 11.7 Å². The summed E-state index contributed by atoms with van der Waals surface area (Å²) < 4.78 is 5.25. The maximum atomic E-state index is 5.25. The molecule has 80 valence electrons. The Morgan fingerprint density at radius 1 is 1.38 bits per heavy atom. The third-order valence-corrected chi connectivity index (χ3v) is 2.52. The van der Waals surface area contributed by atoms with Crippen LogP contribution in [0.5, 0.6) is 0 Å². The van der Waals surface area contributed by atoms with Gasteiger partial charge >= 0.3 is 0 Å². The lowest BCUT2D eigenvalue weighted by Crippen LogP contribution is -1.86. The number of aromatic nitrogens is 3. The molecule has 0 unspecified atom stereocenters. The molecule has 0 bridgehead atoms. The Morgan fingerprint density at radius 2 is 2.31 bits per heavy atom. The van der Waals surface area contributed by atoms with Gasteiger partial charge in [0.25, 0.3) is 0 Å². The monoisotopic (exact) mass is 214 g/mol. The minimum atomic E-state index is 0.666. The van der Waals surface area contributed by atoms with Gasteiger partial charge in [-0.3, -0.25) is 5.10 Å². The van der Waals surface area contributed by atoms with E-state index in [0.717, 1.165) is 22.3 Å². The first-order valence-corrected chi connectivity index (χ1v) is 4.93. The first kappa shape index (κ1) is 8.96. The van der Waals surface area contributed by atoms with E-state index in [1.807, 2.05) is 25.2 Å². The van der Waals surface area contributed by atoms with E-state index in [0.29, 0.717) is 5.76 Å². The number of nitrogens with one attached hydrogen (secondary N) is 2. The molecule has 16 heavy (non-hydrogen) atoms. The minimum absolute atomic E-state index is 0.666. The van der Waals surface area contributed by atoms with E-state index >= 15 is 0 Å². The average molecular weight is 214 g/mol. The fraction of sp³-hybridized carbons (Fsp3) is 0.0909. The first-order valence-electron chi connectivity index (χ1n) is 4.93. The summed E-state index contributed by atoms with van der Waals surface area (Å²) in [5, 5.41) is 11.3. The Balaban J connectivity index is 2.25. The fourth-order valence-electron chi connectivity index (χ4n) is 1.69. The predicted octanol–water partition coefficient (Wildman–Crippen LogP) is 2.26. The number of benzene rings is 1. The molecule has 3 rings (SSSR count). The van der Waals surface area contributed by atoms with Crippen molar-refractivity contribution in [2.24, 2.45) is 0 Å². The molecular formula is C11H10N4O. The summed E-state index contributed by atoms with van der Waals surface area (Å²) in [6.45, 7) is 0. The molecule has 0 fully saturated rings. The minimum Gasteiger partial charge on any atom is -0.442 e. The van der Waals surface area contributed by atoms with Crippen LogP contribution in [0.3, 0.4) is 0 Å². The van der Waals surface area contributed by atoms with E-state index in [1.54, 1.807) is 6.20 Å². The first-order chi connectivity index (χ1) is 7.88. The van der Waals surface area contributed by atoms with Crippen molar-refractivity contribution >= 4 is 16.6 Å². The Bertz CT molecular complexity index is 612. The molecule has 2 N–H and O–H groups in total. The van der Waals surface area contributed by atoms with Crippen molar-refractivity contribution in [3.05, 3.63) is 30.8 Å². The van der Waals surface area contributed by atoms with Crippen LogP contribution in [0, 0.1) is 0 Å². The van der Waals surface area contributed by atoms with E-state index in [1.165, 1.54) is 6.39 Å². The molecule has 0 radical (unpaired) electrons. The SMILES string of the molecule is CNc1ccc2[nH]nc(-c3cnco3)c2c1. The third kappa shape index (κ3) is 1.25. The van der Waals surface area contributed by atoms with Crippen molar-refractivity contribution in [2.75, 3.05) is 12.4 Å². The number of hydrogen-bond acceptors (Lipinski definition) is 4.